The molecular weight excluding hydrogens is 174 g/mol. The molecule has 1 fully saturated rings. The van der Waals surface area contributed by atoms with Crippen molar-refractivity contribution >= 4 is 17.5 Å². The average Bonchev–Trinajstić information content (AvgIpc) is 2.88. The van der Waals surface area contributed by atoms with Crippen LogP contribution in [0.4, 0.5) is 0 Å². The molecule has 1 rings (SSSR count). The zero-order valence-corrected chi connectivity index (χ0v) is 7.32. The number of ketones is 1. The van der Waals surface area contributed by atoms with Crippen molar-refractivity contribution in [1.82, 2.24) is 0 Å². The van der Waals surface area contributed by atoms with Crippen LogP contribution in [-0.4, -0.2) is 29.3 Å². The molecule has 0 bridgehead atoms. The Hall–Kier alpha value is -1.39. The highest BCUT2D eigenvalue weighted by Crippen LogP contribution is 2.30. The molecule has 1 aliphatic carbocycles. The van der Waals surface area contributed by atoms with Crippen molar-refractivity contribution < 1.29 is 19.5 Å². The molecule has 1 aliphatic rings. The van der Waals surface area contributed by atoms with Crippen molar-refractivity contribution in [2.24, 2.45) is 11.1 Å². The molecule has 13 heavy (non-hydrogen) atoms. The van der Waals surface area contributed by atoms with E-state index in [9.17, 15) is 9.59 Å². The Kier molecular flexibility index (Phi) is 3.00. The lowest BCUT2D eigenvalue weighted by molar-refractivity contribution is -0.136. The first kappa shape index (κ1) is 9.70. The highest BCUT2D eigenvalue weighted by Gasteiger charge is 2.36. The molecule has 0 heterocycles. The van der Waals surface area contributed by atoms with Gasteiger partial charge in [-0.2, -0.15) is 0 Å². The Bertz CT molecular complexity index is 255. The Morgan fingerprint density at radius 1 is 1.54 bits per heavy atom. The number of ether oxygens (including phenoxy) is 1. The maximum Gasteiger partial charge on any atom is 0.364 e. The molecule has 0 aromatic rings. The van der Waals surface area contributed by atoms with E-state index in [0.717, 1.165) is 12.8 Å². The third-order valence-corrected chi connectivity index (χ3v) is 1.75. The molecule has 0 aromatic carbocycles. The minimum atomic E-state index is -0.845. The average molecular weight is 185 g/mol. The van der Waals surface area contributed by atoms with Crippen LogP contribution < -0.4 is 0 Å². The van der Waals surface area contributed by atoms with E-state index in [1.165, 1.54) is 0 Å². The highest BCUT2D eigenvalue weighted by atomic mass is 16.5. The number of carbonyl (C=O) groups excluding carboxylic acids is 2. The zero-order chi connectivity index (χ0) is 9.84. The van der Waals surface area contributed by atoms with Gasteiger partial charge in [0.1, 0.15) is 0 Å². The first-order chi connectivity index (χ1) is 6.20. The van der Waals surface area contributed by atoms with Crippen molar-refractivity contribution in [3.8, 4) is 0 Å². The summed E-state index contributed by atoms with van der Waals surface area (Å²) < 4.78 is 4.54. The first-order valence-electron chi connectivity index (χ1n) is 4.14. The third-order valence-electron chi connectivity index (χ3n) is 1.75. The number of oxime groups is 1. The van der Waals surface area contributed by atoms with Gasteiger partial charge in [-0.25, -0.2) is 4.79 Å². The van der Waals surface area contributed by atoms with Crippen LogP contribution in [0.5, 0.6) is 0 Å². The fourth-order valence-electron chi connectivity index (χ4n) is 0.929. The van der Waals surface area contributed by atoms with Crippen LogP contribution in [0.2, 0.25) is 0 Å². The molecule has 0 aromatic heterocycles. The predicted octanol–water partition coefficient (Wildman–Crippen LogP) is 0.359. The van der Waals surface area contributed by atoms with E-state index in [-0.39, 0.29) is 12.5 Å². The predicted molar refractivity (Wildman–Crippen MR) is 43.6 cm³/mol. The second-order valence-corrected chi connectivity index (χ2v) is 2.81. The molecule has 0 radical (unpaired) electrons. The van der Waals surface area contributed by atoms with E-state index < -0.39 is 17.5 Å². The monoisotopic (exact) mass is 185 g/mol. The van der Waals surface area contributed by atoms with Crippen LogP contribution in [0.3, 0.4) is 0 Å². The first-order valence-corrected chi connectivity index (χ1v) is 4.14. The van der Waals surface area contributed by atoms with Crippen LogP contribution in [0, 0.1) is 5.92 Å². The number of hydrogen-bond acceptors (Lipinski definition) is 5. The van der Waals surface area contributed by atoms with Crippen molar-refractivity contribution in [3.05, 3.63) is 0 Å². The van der Waals surface area contributed by atoms with Crippen LogP contribution in [-0.2, 0) is 14.3 Å². The topological polar surface area (TPSA) is 76.0 Å². The minimum absolute atomic E-state index is 0.143. The molecule has 0 amide bonds. The van der Waals surface area contributed by atoms with E-state index >= 15 is 0 Å². The molecular formula is C8H11NO4. The number of rotatable bonds is 4. The summed E-state index contributed by atoms with van der Waals surface area (Å²) in [4.78, 5) is 22.3. The molecule has 1 saturated carbocycles. The zero-order valence-electron chi connectivity index (χ0n) is 7.32. The van der Waals surface area contributed by atoms with Crippen molar-refractivity contribution in [2.45, 2.75) is 19.8 Å². The summed E-state index contributed by atoms with van der Waals surface area (Å²) in [6, 6.07) is 0. The lowest BCUT2D eigenvalue weighted by atomic mass is 10.2. The number of nitrogens with zero attached hydrogens (tertiary/aromatic N) is 1. The van der Waals surface area contributed by atoms with Gasteiger partial charge in [0.15, 0.2) is 5.78 Å². The van der Waals surface area contributed by atoms with Gasteiger partial charge in [0.2, 0.25) is 5.71 Å². The maximum atomic E-state index is 11.3. The normalized spacial score (nSPS) is 16.8. The fourth-order valence-corrected chi connectivity index (χ4v) is 0.929. The molecule has 0 saturated heterocycles. The van der Waals surface area contributed by atoms with Crippen LogP contribution in [0.1, 0.15) is 19.8 Å². The summed E-state index contributed by atoms with van der Waals surface area (Å²) in [5.41, 5.74) is -0.482. The number of carbonyl (C=O) groups is 2. The summed E-state index contributed by atoms with van der Waals surface area (Å²) in [7, 11) is 0. The molecule has 1 N–H and O–H groups in total. The number of hydrogen-bond donors (Lipinski definition) is 1. The largest absolute Gasteiger partial charge is 0.461 e. The van der Waals surface area contributed by atoms with E-state index in [4.69, 9.17) is 5.21 Å². The van der Waals surface area contributed by atoms with Gasteiger partial charge in [0.05, 0.1) is 6.61 Å². The van der Waals surface area contributed by atoms with E-state index in [0.29, 0.717) is 0 Å². The van der Waals surface area contributed by atoms with Gasteiger partial charge in [0, 0.05) is 5.92 Å². The van der Waals surface area contributed by atoms with Crippen LogP contribution in [0.15, 0.2) is 5.16 Å². The summed E-state index contributed by atoms with van der Waals surface area (Å²) in [5, 5.41) is 11.1. The van der Waals surface area contributed by atoms with Gasteiger partial charge in [-0.05, 0) is 19.8 Å². The number of Topliss-reactive ketones (excluding diaryl/α,β-unsaturated/α-hetero) is 1. The molecule has 0 spiro atoms. The number of esters is 1. The van der Waals surface area contributed by atoms with Crippen molar-refractivity contribution in [1.29, 1.82) is 0 Å². The molecule has 0 aliphatic heterocycles. The van der Waals surface area contributed by atoms with Crippen molar-refractivity contribution in [3.63, 3.8) is 0 Å². The SMILES string of the molecule is CCOC(=O)/C(=N\O)C(=O)C1CC1. The quantitative estimate of drug-likeness (QED) is 0.225. The summed E-state index contributed by atoms with van der Waals surface area (Å²) >= 11 is 0. The molecule has 0 unspecified atom stereocenters. The lowest BCUT2D eigenvalue weighted by Gasteiger charge is -2.01. The van der Waals surface area contributed by atoms with Gasteiger partial charge in [-0.1, -0.05) is 5.16 Å². The molecule has 5 nitrogen and oxygen atoms in total. The van der Waals surface area contributed by atoms with Crippen LogP contribution >= 0.6 is 0 Å². The van der Waals surface area contributed by atoms with Gasteiger partial charge < -0.3 is 9.94 Å². The second kappa shape index (κ2) is 4.02. The summed E-state index contributed by atoms with van der Waals surface area (Å²) in [6.07, 6.45) is 1.52. The van der Waals surface area contributed by atoms with E-state index in [1.807, 2.05) is 0 Å². The minimum Gasteiger partial charge on any atom is -0.461 e. The third kappa shape index (κ3) is 2.27. The van der Waals surface area contributed by atoms with Crippen LogP contribution in [0.25, 0.3) is 0 Å². The smallest absolute Gasteiger partial charge is 0.364 e. The van der Waals surface area contributed by atoms with Gasteiger partial charge in [-0.3, -0.25) is 4.79 Å². The molecule has 72 valence electrons. The van der Waals surface area contributed by atoms with Gasteiger partial charge in [-0.15, -0.1) is 0 Å². The standard InChI is InChI=1S/C8H11NO4/c1-2-13-8(11)6(9-12)7(10)5-3-4-5/h5,12H,2-4H2,1H3/b9-6-. The van der Waals surface area contributed by atoms with Gasteiger partial charge in [0.25, 0.3) is 0 Å². The summed E-state index contributed by atoms with van der Waals surface area (Å²) in [5.74, 6) is -1.40. The molecule has 0 atom stereocenters. The fraction of sp³-hybridized carbons (Fsp3) is 0.625. The van der Waals surface area contributed by atoms with Gasteiger partial charge >= 0.3 is 5.97 Å². The molecule has 5 heteroatoms. The van der Waals surface area contributed by atoms with Crippen molar-refractivity contribution in [2.75, 3.05) is 6.61 Å². The Morgan fingerprint density at radius 2 is 2.15 bits per heavy atom. The Balaban J connectivity index is 2.61. The Labute approximate surface area is 75.4 Å². The maximum absolute atomic E-state index is 11.3. The highest BCUT2D eigenvalue weighted by molar-refractivity contribution is 6.64. The van der Waals surface area contributed by atoms with E-state index in [1.54, 1.807) is 6.92 Å². The Morgan fingerprint density at radius 3 is 2.54 bits per heavy atom. The lowest BCUT2D eigenvalue weighted by Crippen LogP contribution is -2.27. The second-order valence-electron chi connectivity index (χ2n) is 2.81. The van der Waals surface area contributed by atoms with E-state index in [2.05, 4.69) is 9.89 Å². The summed E-state index contributed by atoms with van der Waals surface area (Å²) in [6.45, 7) is 1.78.